The fourth-order valence-electron chi connectivity index (χ4n) is 1.70. The van der Waals surface area contributed by atoms with Crippen molar-refractivity contribution in [1.82, 2.24) is 15.5 Å². The molecule has 7 heteroatoms. The summed E-state index contributed by atoms with van der Waals surface area (Å²) in [6.07, 6.45) is 1.88. The third-order valence-corrected chi connectivity index (χ3v) is 2.71. The molecule has 19 heavy (non-hydrogen) atoms. The molecular formula is C12H18N4O3. The standard InChI is InChI=1S/C12H18N4O3/c13-8-10(9-15-3-1-2-11(17)18)12(19)16-6-4-14-5-7-16/h9,14-15H,1-7H2,(H,17,18)/b10-9-. The van der Waals surface area contributed by atoms with Crippen LogP contribution in [0.1, 0.15) is 12.8 Å². The number of carbonyl (C=O) groups is 2. The predicted molar refractivity (Wildman–Crippen MR) is 68.0 cm³/mol. The van der Waals surface area contributed by atoms with Gasteiger partial charge in [-0.1, -0.05) is 0 Å². The van der Waals surface area contributed by atoms with Gasteiger partial charge in [0.2, 0.25) is 0 Å². The number of piperazine rings is 1. The molecule has 1 amide bonds. The average molecular weight is 266 g/mol. The number of carboxylic acid groups (broad SMARTS) is 1. The van der Waals surface area contributed by atoms with Gasteiger partial charge in [0.25, 0.3) is 5.91 Å². The van der Waals surface area contributed by atoms with Crippen molar-refractivity contribution in [2.24, 2.45) is 0 Å². The van der Waals surface area contributed by atoms with E-state index in [1.807, 2.05) is 6.07 Å². The Morgan fingerprint density at radius 3 is 2.68 bits per heavy atom. The highest BCUT2D eigenvalue weighted by Crippen LogP contribution is 2.02. The van der Waals surface area contributed by atoms with Gasteiger partial charge in [-0.2, -0.15) is 5.26 Å². The van der Waals surface area contributed by atoms with Gasteiger partial charge < -0.3 is 20.6 Å². The van der Waals surface area contributed by atoms with Crippen LogP contribution < -0.4 is 10.6 Å². The van der Waals surface area contributed by atoms with Gasteiger partial charge in [0.05, 0.1) is 0 Å². The molecule has 0 unspecified atom stereocenters. The number of hydrogen-bond donors (Lipinski definition) is 3. The Morgan fingerprint density at radius 2 is 2.11 bits per heavy atom. The number of nitriles is 1. The van der Waals surface area contributed by atoms with Crippen LogP contribution in [0.25, 0.3) is 0 Å². The second kappa shape index (κ2) is 8.11. The first-order valence-electron chi connectivity index (χ1n) is 6.20. The highest BCUT2D eigenvalue weighted by Gasteiger charge is 2.19. The summed E-state index contributed by atoms with van der Waals surface area (Å²) >= 11 is 0. The van der Waals surface area contributed by atoms with Crippen molar-refractivity contribution in [3.63, 3.8) is 0 Å². The molecule has 0 aromatic carbocycles. The van der Waals surface area contributed by atoms with Gasteiger partial charge in [-0.15, -0.1) is 0 Å². The molecule has 1 aliphatic rings. The number of carboxylic acids is 1. The highest BCUT2D eigenvalue weighted by atomic mass is 16.4. The Kier molecular flexibility index (Phi) is 6.39. The van der Waals surface area contributed by atoms with Crippen LogP contribution in [0.5, 0.6) is 0 Å². The van der Waals surface area contributed by atoms with Gasteiger partial charge in [-0.3, -0.25) is 9.59 Å². The maximum absolute atomic E-state index is 12.0. The van der Waals surface area contributed by atoms with E-state index in [2.05, 4.69) is 10.6 Å². The van der Waals surface area contributed by atoms with Gasteiger partial charge in [0, 0.05) is 45.3 Å². The molecule has 1 fully saturated rings. The van der Waals surface area contributed by atoms with Gasteiger partial charge in [0.15, 0.2) is 0 Å². The van der Waals surface area contributed by atoms with Gasteiger partial charge in [0.1, 0.15) is 11.6 Å². The van der Waals surface area contributed by atoms with Crippen LogP contribution in [0.15, 0.2) is 11.8 Å². The molecule has 0 spiro atoms. The summed E-state index contributed by atoms with van der Waals surface area (Å²) in [6, 6.07) is 1.87. The van der Waals surface area contributed by atoms with Crippen molar-refractivity contribution in [2.75, 3.05) is 32.7 Å². The van der Waals surface area contributed by atoms with E-state index in [0.29, 0.717) is 26.1 Å². The third kappa shape index (κ3) is 5.40. The fraction of sp³-hybridized carbons (Fsp3) is 0.583. The van der Waals surface area contributed by atoms with Gasteiger partial charge >= 0.3 is 5.97 Å². The molecule has 0 radical (unpaired) electrons. The summed E-state index contributed by atoms with van der Waals surface area (Å²) in [5, 5.41) is 23.4. The quantitative estimate of drug-likeness (QED) is 0.333. The van der Waals surface area contributed by atoms with Crippen molar-refractivity contribution in [1.29, 1.82) is 5.26 Å². The molecule has 0 aromatic rings. The molecule has 1 heterocycles. The Balaban J connectivity index is 2.40. The lowest BCUT2D eigenvalue weighted by Gasteiger charge is -2.27. The van der Waals surface area contributed by atoms with E-state index in [1.165, 1.54) is 6.20 Å². The van der Waals surface area contributed by atoms with Crippen molar-refractivity contribution < 1.29 is 14.7 Å². The zero-order valence-corrected chi connectivity index (χ0v) is 10.7. The van der Waals surface area contributed by atoms with Crippen LogP contribution in [-0.4, -0.2) is 54.6 Å². The summed E-state index contributed by atoms with van der Waals surface area (Å²) in [4.78, 5) is 23.9. The van der Waals surface area contributed by atoms with E-state index in [1.54, 1.807) is 4.90 Å². The number of nitrogens with one attached hydrogen (secondary N) is 2. The maximum Gasteiger partial charge on any atom is 0.303 e. The van der Waals surface area contributed by atoms with E-state index in [-0.39, 0.29) is 17.9 Å². The predicted octanol–water partition coefficient (Wildman–Crippen LogP) is -0.720. The molecule has 1 rings (SSSR count). The van der Waals surface area contributed by atoms with Gasteiger partial charge in [-0.25, -0.2) is 0 Å². The lowest BCUT2D eigenvalue weighted by molar-refractivity contribution is -0.137. The zero-order chi connectivity index (χ0) is 14.1. The minimum absolute atomic E-state index is 0.0530. The number of amides is 1. The normalized spacial score (nSPS) is 15.7. The smallest absolute Gasteiger partial charge is 0.303 e. The van der Waals surface area contributed by atoms with Crippen LogP contribution in [0.3, 0.4) is 0 Å². The topological polar surface area (TPSA) is 105 Å². The average Bonchev–Trinajstić information content (AvgIpc) is 2.43. The van der Waals surface area contributed by atoms with Crippen LogP contribution in [0, 0.1) is 11.3 Å². The number of rotatable bonds is 6. The Hall–Kier alpha value is -2.07. The number of hydrogen-bond acceptors (Lipinski definition) is 5. The van der Waals surface area contributed by atoms with Crippen molar-refractivity contribution in [3.05, 3.63) is 11.8 Å². The first-order valence-corrected chi connectivity index (χ1v) is 6.20. The van der Waals surface area contributed by atoms with Crippen molar-refractivity contribution in [3.8, 4) is 6.07 Å². The van der Waals surface area contributed by atoms with E-state index in [9.17, 15) is 9.59 Å². The molecule has 7 nitrogen and oxygen atoms in total. The molecule has 3 N–H and O–H groups in total. The largest absolute Gasteiger partial charge is 0.481 e. The molecule has 0 aliphatic carbocycles. The summed E-state index contributed by atoms with van der Waals surface area (Å²) in [5.41, 5.74) is 0.0530. The lowest BCUT2D eigenvalue weighted by atomic mass is 10.2. The lowest BCUT2D eigenvalue weighted by Crippen LogP contribution is -2.46. The SMILES string of the molecule is N#C/C(=C/NCCCC(=O)O)C(=O)N1CCNCC1. The highest BCUT2D eigenvalue weighted by molar-refractivity contribution is 5.97. The summed E-state index contributed by atoms with van der Waals surface area (Å²) < 4.78 is 0. The van der Waals surface area contributed by atoms with E-state index in [4.69, 9.17) is 10.4 Å². The third-order valence-electron chi connectivity index (χ3n) is 2.71. The van der Waals surface area contributed by atoms with E-state index in [0.717, 1.165) is 13.1 Å². The van der Waals surface area contributed by atoms with Crippen LogP contribution >= 0.6 is 0 Å². The Morgan fingerprint density at radius 1 is 1.42 bits per heavy atom. The van der Waals surface area contributed by atoms with Crippen LogP contribution in [0.4, 0.5) is 0 Å². The molecule has 0 atom stereocenters. The Labute approximate surface area is 111 Å². The molecule has 0 bridgehead atoms. The van der Waals surface area contributed by atoms with Gasteiger partial charge in [-0.05, 0) is 6.42 Å². The van der Waals surface area contributed by atoms with Crippen molar-refractivity contribution in [2.45, 2.75) is 12.8 Å². The van der Waals surface area contributed by atoms with Crippen LogP contribution in [-0.2, 0) is 9.59 Å². The summed E-state index contributed by atoms with van der Waals surface area (Å²) in [6.45, 7) is 3.08. The molecule has 1 saturated heterocycles. The second-order valence-corrected chi connectivity index (χ2v) is 4.16. The summed E-state index contributed by atoms with van der Waals surface area (Å²) in [7, 11) is 0. The summed E-state index contributed by atoms with van der Waals surface area (Å²) in [5.74, 6) is -1.14. The molecule has 0 aromatic heterocycles. The number of aliphatic carboxylic acids is 1. The Bertz CT molecular complexity index is 394. The monoisotopic (exact) mass is 266 g/mol. The van der Waals surface area contributed by atoms with Crippen LogP contribution in [0.2, 0.25) is 0 Å². The first kappa shape index (κ1) is 15.0. The molecule has 104 valence electrons. The molecular weight excluding hydrogens is 248 g/mol. The number of nitrogens with zero attached hydrogens (tertiary/aromatic N) is 2. The molecule has 0 saturated carbocycles. The minimum Gasteiger partial charge on any atom is -0.481 e. The minimum atomic E-state index is -0.858. The zero-order valence-electron chi connectivity index (χ0n) is 10.7. The first-order chi connectivity index (χ1) is 9.15. The second-order valence-electron chi connectivity index (χ2n) is 4.16. The van der Waals surface area contributed by atoms with E-state index >= 15 is 0 Å². The van der Waals surface area contributed by atoms with Crippen molar-refractivity contribution >= 4 is 11.9 Å². The maximum atomic E-state index is 12.0. The van der Waals surface area contributed by atoms with E-state index < -0.39 is 5.97 Å². The number of carbonyl (C=O) groups excluding carboxylic acids is 1. The fourth-order valence-corrected chi connectivity index (χ4v) is 1.70. The molecule has 1 aliphatic heterocycles.